The zero-order chi connectivity index (χ0) is 21.4. The predicted molar refractivity (Wildman–Crippen MR) is 132 cm³/mol. The summed E-state index contributed by atoms with van der Waals surface area (Å²) in [5.41, 5.74) is 0. The number of rotatable bonds is 15. The van der Waals surface area contributed by atoms with Gasteiger partial charge in [-0.1, -0.05) is 51.4 Å². The first-order chi connectivity index (χ1) is 14.7. The van der Waals surface area contributed by atoms with E-state index in [9.17, 15) is 4.79 Å². The van der Waals surface area contributed by atoms with Crippen molar-refractivity contribution in [2.75, 3.05) is 13.2 Å². The maximum absolute atomic E-state index is 11.9. The number of carbonyl (C=O) groups is 1. The molecule has 162 valence electrons. The molecule has 1 aromatic carbocycles. The van der Waals surface area contributed by atoms with Crippen molar-refractivity contribution in [2.45, 2.75) is 64.2 Å². The van der Waals surface area contributed by atoms with E-state index in [2.05, 4.69) is 46.1 Å². The number of carbonyl (C=O) groups excluding carboxylic acids is 1. The Balaban J connectivity index is 1.33. The lowest BCUT2D eigenvalue weighted by Gasteiger charge is -2.06. The second-order valence-corrected chi connectivity index (χ2v) is 9.70. The number of benzene rings is 1. The summed E-state index contributed by atoms with van der Waals surface area (Å²) in [6.45, 7) is 1.52. The van der Waals surface area contributed by atoms with E-state index >= 15 is 0 Å². The highest BCUT2D eigenvalue weighted by atomic mass is 127. The Morgan fingerprint density at radius 3 is 2.10 bits per heavy atom. The summed E-state index contributed by atoms with van der Waals surface area (Å²) in [6.07, 6.45) is 12.3. The van der Waals surface area contributed by atoms with Gasteiger partial charge in [-0.05, 0) is 71.8 Å². The van der Waals surface area contributed by atoms with Gasteiger partial charge in [0.15, 0.2) is 0 Å². The largest absolute Gasteiger partial charge is 0.494 e. The van der Waals surface area contributed by atoms with E-state index in [-0.39, 0.29) is 5.91 Å². The molecular weight excluding hydrogens is 507 g/mol. The van der Waals surface area contributed by atoms with Crippen molar-refractivity contribution in [2.24, 2.45) is 0 Å². The number of nitriles is 1. The Bertz CT molecular complexity index is 783. The predicted octanol–water partition coefficient (Wildman–Crippen LogP) is 6.93. The van der Waals surface area contributed by atoms with Gasteiger partial charge in [-0.3, -0.25) is 4.79 Å². The lowest BCUT2D eigenvalue weighted by molar-refractivity contribution is 0.0957. The summed E-state index contributed by atoms with van der Waals surface area (Å²) < 4.78 is 6.99. The van der Waals surface area contributed by atoms with E-state index in [0.29, 0.717) is 16.3 Å². The van der Waals surface area contributed by atoms with Crippen molar-refractivity contribution >= 4 is 39.8 Å². The van der Waals surface area contributed by atoms with Crippen molar-refractivity contribution < 1.29 is 9.53 Å². The number of thiophene rings is 1. The minimum absolute atomic E-state index is 0.0644. The molecule has 1 heterocycles. The maximum Gasteiger partial charge on any atom is 0.261 e. The molecule has 0 unspecified atom stereocenters. The quantitative estimate of drug-likeness (QED) is 0.198. The molecule has 0 spiro atoms. The fourth-order valence-corrected chi connectivity index (χ4v) is 4.25. The summed E-state index contributed by atoms with van der Waals surface area (Å²) >= 11 is 3.55. The molecule has 4 nitrogen and oxygen atoms in total. The summed E-state index contributed by atoms with van der Waals surface area (Å²) in [6, 6.07) is 13.7. The van der Waals surface area contributed by atoms with E-state index in [4.69, 9.17) is 10.00 Å². The molecule has 2 aromatic rings. The first-order valence-corrected chi connectivity index (χ1v) is 12.7. The van der Waals surface area contributed by atoms with Crippen LogP contribution in [0.4, 0.5) is 0 Å². The first kappa shape index (κ1) is 24.7. The zero-order valence-corrected chi connectivity index (χ0v) is 20.5. The standard InChI is InChI=1S/C24H31IN2O2S/c25-20-11-13-21(14-12-20)29-18-10-8-6-4-2-1-3-5-7-9-17-27-24(28)23-16-15-22(19-26)30-23/h11-16H,1-10,17-18H2,(H,27,28). The first-order valence-electron chi connectivity index (χ1n) is 10.9. The van der Waals surface area contributed by atoms with Gasteiger partial charge in [0, 0.05) is 10.1 Å². The third kappa shape index (κ3) is 10.4. The van der Waals surface area contributed by atoms with Gasteiger partial charge in [0.2, 0.25) is 0 Å². The van der Waals surface area contributed by atoms with Crippen LogP contribution in [0.2, 0.25) is 0 Å². The molecule has 1 N–H and O–H groups in total. The molecule has 0 aliphatic heterocycles. The van der Waals surface area contributed by atoms with Crippen molar-refractivity contribution in [1.82, 2.24) is 5.32 Å². The van der Waals surface area contributed by atoms with Gasteiger partial charge in [0.05, 0.1) is 11.5 Å². The van der Waals surface area contributed by atoms with E-state index in [1.165, 1.54) is 59.9 Å². The fraction of sp³-hybridized carbons (Fsp3) is 0.500. The second kappa shape index (κ2) is 15.2. The number of hydrogen-bond acceptors (Lipinski definition) is 4. The maximum atomic E-state index is 11.9. The average molecular weight is 538 g/mol. The molecule has 6 heteroatoms. The lowest BCUT2D eigenvalue weighted by Crippen LogP contribution is -2.23. The summed E-state index contributed by atoms with van der Waals surface area (Å²) in [4.78, 5) is 13.1. The van der Waals surface area contributed by atoms with Crippen LogP contribution in [0, 0.1) is 14.9 Å². The molecule has 0 bridgehead atoms. The minimum Gasteiger partial charge on any atom is -0.494 e. The molecule has 0 aliphatic carbocycles. The van der Waals surface area contributed by atoms with Crippen LogP contribution in [0.25, 0.3) is 0 Å². The van der Waals surface area contributed by atoms with Gasteiger partial charge in [0.1, 0.15) is 16.7 Å². The Hall–Kier alpha value is -1.59. The Labute approximate surface area is 198 Å². The van der Waals surface area contributed by atoms with Crippen molar-refractivity contribution in [3.8, 4) is 11.8 Å². The third-order valence-corrected chi connectivity index (χ3v) is 6.59. The number of ether oxygens (including phenoxy) is 1. The molecule has 1 amide bonds. The smallest absolute Gasteiger partial charge is 0.261 e. The van der Waals surface area contributed by atoms with Gasteiger partial charge in [0.25, 0.3) is 5.91 Å². The van der Waals surface area contributed by atoms with E-state index in [1.54, 1.807) is 12.1 Å². The number of unbranched alkanes of at least 4 members (excludes halogenated alkanes) is 9. The van der Waals surface area contributed by atoms with Crippen LogP contribution in [0.3, 0.4) is 0 Å². The molecule has 0 atom stereocenters. The SMILES string of the molecule is N#Cc1ccc(C(=O)NCCCCCCCCCCCCOc2ccc(I)cc2)s1. The Morgan fingerprint density at radius 1 is 0.900 bits per heavy atom. The van der Waals surface area contributed by atoms with Gasteiger partial charge < -0.3 is 10.1 Å². The molecule has 0 saturated carbocycles. The average Bonchev–Trinajstić information content (AvgIpc) is 3.24. The second-order valence-electron chi connectivity index (χ2n) is 7.37. The van der Waals surface area contributed by atoms with Gasteiger partial charge in [-0.15, -0.1) is 11.3 Å². The highest BCUT2D eigenvalue weighted by molar-refractivity contribution is 14.1. The topological polar surface area (TPSA) is 62.1 Å². The summed E-state index contributed by atoms with van der Waals surface area (Å²) in [5, 5.41) is 11.7. The number of nitrogens with zero attached hydrogens (tertiary/aromatic N) is 1. The molecule has 1 aromatic heterocycles. The van der Waals surface area contributed by atoms with Gasteiger partial charge >= 0.3 is 0 Å². The van der Waals surface area contributed by atoms with E-state index in [0.717, 1.165) is 31.6 Å². The molecule has 0 fully saturated rings. The van der Waals surface area contributed by atoms with Crippen LogP contribution in [-0.4, -0.2) is 19.1 Å². The summed E-state index contributed by atoms with van der Waals surface area (Å²) in [7, 11) is 0. The lowest BCUT2D eigenvalue weighted by atomic mass is 10.1. The molecule has 0 saturated heterocycles. The van der Waals surface area contributed by atoms with Crippen LogP contribution < -0.4 is 10.1 Å². The van der Waals surface area contributed by atoms with Crippen LogP contribution in [0.15, 0.2) is 36.4 Å². The third-order valence-electron chi connectivity index (χ3n) is 4.88. The summed E-state index contributed by atoms with van der Waals surface area (Å²) in [5.74, 6) is 0.903. The number of halogens is 1. The Kier molecular flexibility index (Phi) is 12.5. The monoisotopic (exact) mass is 538 g/mol. The number of nitrogens with one attached hydrogen (secondary N) is 1. The minimum atomic E-state index is -0.0644. The van der Waals surface area contributed by atoms with Crippen LogP contribution in [0.1, 0.15) is 78.8 Å². The van der Waals surface area contributed by atoms with Crippen molar-refractivity contribution in [3.05, 3.63) is 49.7 Å². The molecule has 30 heavy (non-hydrogen) atoms. The van der Waals surface area contributed by atoms with E-state index in [1.807, 2.05) is 12.1 Å². The van der Waals surface area contributed by atoms with Crippen LogP contribution in [-0.2, 0) is 0 Å². The normalized spacial score (nSPS) is 10.5. The molecule has 2 rings (SSSR count). The number of amides is 1. The van der Waals surface area contributed by atoms with Crippen molar-refractivity contribution in [1.29, 1.82) is 5.26 Å². The zero-order valence-electron chi connectivity index (χ0n) is 17.5. The molecule has 0 aliphatic rings. The number of hydrogen-bond donors (Lipinski definition) is 1. The van der Waals surface area contributed by atoms with Crippen molar-refractivity contribution in [3.63, 3.8) is 0 Å². The van der Waals surface area contributed by atoms with E-state index < -0.39 is 0 Å². The molecular formula is C24H31IN2O2S. The fourth-order valence-electron chi connectivity index (χ4n) is 3.17. The van der Waals surface area contributed by atoms with Gasteiger partial charge in [-0.25, -0.2) is 0 Å². The highest BCUT2D eigenvalue weighted by Crippen LogP contribution is 2.16. The molecule has 0 radical (unpaired) electrons. The highest BCUT2D eigenvalue weighted by Gasteiger charge is 2.07. The van der Waals surface area contributed by atoms with Crippen LogP contribution >= 0.6 is 33.9 Å². The van der Waals surface area contributed by atoms with Crippen LogP contribution in [0.5, 0.6) is 5.75 Å². The van der Waals surface area contributed by atoms with Gasteiger partial charge in [-0.2, -0.15) is 5.26 Å². The Morgan fingerprint density at radius 2 is 1.50 bits per heavy atom.